The van der Waals surface area contributed by atoms with Crippen molar-refractivity contribution >= 4 is 18.6 Å². The molecule has 0 heterocycles. The lowest BCUT2D eigenvalue weighted by molar-refractivity contribution is -0.137. The number of anilines is 1. The number of para-hydroxylation sites is 1. The van der Waals surface area contributed by atoms with Crippen LogP contribution in [0.5, 0.6) is 0 Å². The fourth-order valence-electron chi connectivity index (χ4n) is 1.35. The van der Waals surface area contributed by atoms with E-state index in [4.69, 9.17) is 0 Å². The summed E-state index contributed by atoms with van der Waals surface area (Å²) in [4.78, 5) is 11.2. The molecular weight excluding hydrogens is 275 g/mol. The van der Waals surface area contributed by atoms with E-state index in [-0.39, 0.29) is 0 Å². The first-order valence-electron chi connectivity index (χ1n) is 5.26. The van der Waals surface area contributed by atoms with Gasteiger partial charge in [-0.3, -0.25) is 4.79 Å². The molecule has 1 N–H and O–H groups in total. The molecule has 0 aliphatic carbocycles. The van der Waals surface area contributed by atoms with Crippen LogP contribution in [0.1, 0.15) is 12.0 Å². The first-order valence-corrected chi connectivity index (χ1v) is 5.26. The third-order valence-electron chi connectivity index (χ3n) is 2.21. The second kappa shape index (κ2) is 5.54. The van der Waals surface area contributed by atoms with Gasteiger partial charge in [0.25, 0.3) is 0 Å². The monoisotopic (exact) mass is 284 g/mol. The smallest absolute Gasteiger partial charge is 0.449 e. The molecule has 0 unspecified atom stereocenters. The van der Waals surface area contributed by atoms with Crippen molar-refractivity contribution in [1.29, 1.82) is 0 Å². The maximum Gasteiger partial charge on any atom is 0.478 e. The highest BCUT2D eigenvalue weighted by Crippen LogP contribution is 2.34. The Morgan fingerprint density at radius 1 is 1.16 bits per heavy atom. The zero-order valence-corrected chi connectivity index (χ0v) is 9.48. The molecule has 19 heavy (non-hydrogen) atoms. The topological polar surface area (TPSA) is 29.1 Å². The molecule has 0 atom stereocenters. The van der Waals surface area contributed by atoms with Crippen molar-refractivity contribution in [3.8, 4) is 0 Å². The van der Waals surface area contributed by atoms with Gasteiger partial charge in [-0.1, -0.05) is 18.5 Å². The molecule has 0 saturated heterocycles. The molecule has 0 saturated carbocycles. The van der Waals surface area contributed by atoms with Gasteiger partial charge in [0, 0.05) is 6.42 Å². The Kier molecular flexibility index (Phi) is 4.49. The minimum Gasteiger partial charge on any atom is -0.449 e. The predicted molar refractivity (Wildman–Crippen MR) is 58.6 cm³/mol. The number of amides is 1. The zero-order chi connectivity index (χ0) is 14.7. The van der Waals surface area contributed by atoms with Gasteiger partial charge in [-0.05, 0) is 12.1 Å². The molecular formula is C10H9BF6NO-. The van der Waals surface area contributed by atoms with Crippen molar-refractivity contribution < 1.29 is 30.9 Å². The Bertz CT molecular complexity index is 456. The van der Waals surface area contributed by atoms with Crippen molar-refractivity contribution in [3.05, 3.63) is 29.8 Å². The van der Waals surface area contributed by atoms with E-state index in [9.17, 15) is 30.9 Å². The summed E-state index contributed by atoms with van der Waals surface area (Å²) in [5.41, 5.74) is -1.64. The first-order chi connectivity index (χ1) is 8.59. The standard InChI is InChI=1S/C10H9BF6NO/c12-10(13,14)7-3-1-2-4-8(7)18-9(19)5-6-11(15,16)17/h1-4H,5-6H2,(H,18,19)/q-1. The van der Waals surface area contributed by atoms with E-state index >= 15 is 0 Å². The summed E-state index contributed by atoms with van der Waals surface area (Å²) in [5.74, 6) is -1.10. The van der Waals surface area contributed by atoms with E-state index in [1.807, 2.05) is 5.32 Å². The number of carbonyl (C=O) groups excluding carboxylic acids is 1. The lowest BCUT2D eigenvalue weighted by atomic mass is 9.84. The fraction of sp³-hybridized carbons (Fsp3) is 0.300. The summed E-state index contributed by atoms with van der Waals surface area (Å²) < 4.78 is 73.4. The normalized spacial score (nSPS) is 12.3. The van der Waals surface area contributed by atoms with E-state index in [0.29, 0.717) is 0 Å². The summed E-state index contributed by atoms with van der Waals surface area (Å²) in [7, 11) is 0. The second-order valence-electron chi connectivity index (χ2n) is 3.84. The lowest BCUT2D eigenvalue weighted by Crippen LogP contribution is -2.21. The third-order valence-corrected chi connectivity index (χ3v) is 2.21. The van der Waals surface area contributed by atoms with Crippen LogP contribution in [0.15, 0.2) is 24.3 Å². The van der Waals surface area contributed by atoms with E-state index < -0.39 is 43.1 Å². The molecule has 1 aromatic carbocycles. The van der Waals surface area contributed by atoms with Crippen molar-refractivity contribution in [3.63, 3.8) is 0 Å². The predicted octanol–water partition coefficient (Wildman–Crippen LogP) is 3.88. The SMILES string of the molecule is O=C(CC[B-](F)(F)F)Nc1ccccc1C(F)(F)F. The van der Waals surface area contributed by atoms with Gasteiger partial charge in [0.1, 0.15) is 0 Å². The molecule has 106 valence electrons. The van der Waals surface area contributed by atoms with E-state index in [0.717, 1.165) is 18.2 Å². The maximum absolute atomic E-state index is 12.5. The van der Waals surface area contributed by atoms with Gasteiger partial charge in [0.05, 0.1) is 11.3 Å². The average molecular weight is 284 g/mol. The Morgan fingerprint density at radius 3 is 2.26 bits per heavy atom. The van der Waals surface area contributed by atoms with Crippen LogP contribution in [0.4, 0.5) is 31.8 Å². The van der Waals surface area contributed by atoms with Gasteiger partial charge in [-0.15, -0.1) is 0 Å². The van der Waals surface area contributed by atoms with Gasteiger partial charge in [0.2, 0.25) is 5.91 Å². The molecule has 9 heteroatoms. The highest BCUT2D eigenvalue weighted by molar-refractivity contribution is 6.58. The maximum atomic E-state index is 12.5. The molecule has 0 radical (unpaired) electrons. The first kappa shape index (κ1) is 15.4. The average Bonchev–Trinajstić information content (AvgIpc) is 2.25. The number of halogens is 6. The quantitative estimate of drug-likeness (QED) is 0.659. The highest BCUT2D eigenvalue weighted by Gasteiger charge is 2.33. The zero-order valence-electron chi connectivity index (χ0n) is 9.48. The molecule has 1 rings (SSSR count). The molecule has 0 fully saturated rings. The van der Waals surface area contributed by atoms with Gasteiger partial charge in [-0.2, -0.15) is 13.2 Å². The van der Waals surface area contributed by atoms with Crippen LogP contribution < -0.4 is 5.32 Å². The summed E-state index contributed by atoms with van der Waals surface area (Å²) in [6.45, 7) is -5.13. The van der Waals surface area contributed by atoms with Crippen molar-refractivity contribution in [1.82, 2.24) is 0 Å². The van der Waals surface area contributed by atoms with Crippen molar-refractivity contribution in [2.24, 2.45) is 0 Å². The second-order valence-corrected chi connectivity index (χ2v) is 3.84. The number of alkyl halides is 3. The van der Waals surface area contributed by atoms with Crippen LogP contribution in [0, 0.1) is 0 Å². The number of hydrogen-bond donors (Lipinski definition) is 1. The highest BCUT2D eigenvalue weighted by atomic mass is 19.4. The molecule has 0 bridgehead atoms. The van der Waals surface area contributed by atoms with Crippen LogP contribution in [-0.4, -0.2) is 12.9 Å². The Hall–Kier alpha value is -1.67. The van der Waals surface area contributed by atoms with Crippen molar-refractivity contribution in [2.75, 3.05) is 5.32 Å². The summed E-state index contributed by atoms with van der Waals surface area (Å²) in [6.07, 6.45) is -6.90. The Balaban J connectivity index is 2.75. The van der Waals surface area contributed by atoms with Crippen LogP contribution in [-0.2, 0) is 11.0 Å². The van der Waals surface area contributed by atoms with E-state index in [1.165, 1.54) is 6.07 Å². The molecule has 1 aromatic rings. The number of benzene rings is 1. The molecule has 0 spiro atoms. The number of nitrogens with one attached hydrogen (secondary N) is 1. The number of carbonyl (C=O) groups is 1. The van der Waals surface area contributed by atoms with E-state index in [2.05, 4.69) is 0 Å². The Labute approximate surface area is 104 Å². The summed E-state index contributed by atoms with van der Waals surface area (Å²) in [5, 5.41) is 1.84. The lowest BCUT2D eigenvalue weighted by Gasteiger charge is -2.15. The largest absolute Gasteiger partial charge is 0.478 e. The molecule has 0 aromatic heterocycles. The van der Waals surface area contributed by atoms with Crippen LogP contribution in [0.25, 0.3) is 0 Å². The van der Waals surface area contributed by atoms with Crippen LogP contribution >= 0.6 is 0 Å². The van der Waals surface area contributed by atoms with Gasteiger partial charge in [-0.25, -0.2) is 0 Å². The summed E-state index contributed by atoms with van der Waals surface area (Å²) in [6, 6.07) is 4.10. The summed E-state index contributed by atoms with van der Waals surface area (Å²) >= 11 is 0. The Morgan fingerprint density at radius 2 is 1.74 bits per heavy atom. The molecule has 0 aliphatic rings. The molecule has 0 aliphatic heterocycles. The van der Waals surface area contributed by atoms with Crippen LogP contribution in [0.2, 0.25) is 6.32 Å². The molecule has 1 amide bonds. The minimum atomic E-state index is -5.13. The number of hydrogen-bond acceptors (Lipinski definition) is 1. The number of rotatable bonds is 4. The molecule has 2 nitrogen and oxygen atoms in total. The van der Waals surface area contributed by atoms with Gasteiger partial charge in [0.15, 0.2) is 0 Å². The van der Waals surface area contributed by atoms with Gasteiger partial charge < -0.3 is 18.3 Å². The minimum absolute atomic E-state index is 0.547. The van der Waals surface area contributed by atoms with Gasteiger partial charge >= 0.3 is 13.2 Å². The fourth-order valence-corrected chi connectivity index (χ4v) is 1.35. The van der Waals surface area contributed by atoms with Crippen molar-refractivity contribution in [2.45, 2.75) is 18.9 Å². The third kappa shape index (κ3) is 5.23. The van der Waals surface area contributed by atoms with E-state index in [1.54, 1.807) is 0 Å². The van der Waals surface area contributed by atoms with Crippen LogP contribution in [0.3, 0.4) is 0 Å².